The maximum Gasteiger partial charge on any atom is 0.253 e. The predicted octanol–water partition coefficient (Wildman–Crippen LogP) is 4.14. The zero-order chi connectivity index (χ0) is 20.6. The molecule has 0 N–H and O–H groups in total. The van der Waals surface area contributed by atoms with E-state index in [-0.39, 0.29) is 6.04 Å². The monoisotopic (exact) mass is 430 g/mol. The van der Waals surface area contributed by atoms with Gasteiger partial charge in [-0.2, -0.15) is 4.31 Å². The lowest BCUT2D eigenvalue weighted by Gasteiger charge is -2.34. The van der Waals surface area contributed by atoms with Crippen molar-refractivity contribution in [1.29, 1.82) is 0 Å². The number of methoxy groups -OCH3 is 2. The third-order valence-corrected chi connectivity index (χ3v) is 8.74. The maximum atomic E-state index is 13.4. The first-order chi connectivity index (χ1) is 14.0. The summed E-state index contributed by atoms with van der Waals surface area (Å²) in [5.41, 5.74) is 2.80. The highest BCUT2D eigenvalue weighted by molar-refractivity contribution is 7.91. The summed E-state index contributed by atoms with van der Waals surface area (Å²) in [6.07, 6.45) is 2.33. The van der Waals surface area contributed by atoms with Gasteiger partial charge in [0, 0.05) is 18.8 Å². The predicted molar refractivity (Wildman–Crippen MR) is 113 cm³/mol. The Hall–Kier alpha value is -2.42. The van der Waals surface area contributed by atoms with Crippen molar-refractivity contribution in [1.82, 2.24) is 9.29 Å². The fraction of sp³-hybridized carbons (Fsp3) is 0.286. The maximum absolute atomic E-state index is 13.4. The van der Waals surface area contributed by atoms with Gasteiger partial charge >= 0.3 is 0 Å². The molecule has 2 aromatic heterocycles. The second-order valence-corrected chi connectivity index (χ2v) is 9.98. The van der Waals surface area contributed by atoms with Crippen LogP contribution in [0.4, 0.5) is 0 Å². The van der Waals surface area contributed by atoms with E-state index in [4.69, 9.17) is 9.47 Å². The number of thiophene rings is 1. The van der Waals surface area contributed by atoms with E-state index >= 15 is 0 Å². The number of aromatic nitrogens is 1. The molecule has 1 aromatic carbocycles. The second-order valence-electron chi connectivity index (χ2n) is 6.78. The molecule has 0 radical (unpaired) electrons. The molecule has 0 bridgehead atoms. The van der Waals surface area contributed by atoms with Crippen LogP contribution < -0.4 is 9.47 Å². The van der Waals surface area contributed by atoms with E-state index in [1.165, 1.54) is 11.3 Å². The smallest absolute Gasteiger partial charge is 0.253 e. The first-order valence-electron chi connectivity index (χ1n) is 9.23. The number of sulfonamides is 1. The largest absolute Gasteiger partial charge is 0.493 e. The Labute approximate surface area is 174 Å². The molecule has 4 rings (SSSR count). The first-order valence-corrected chi connectivity index (χ1v) is 11.5. The molecule has 152 valence electrons. The summed E-state index contributed by atoms with van der Waals surface area (Å²) in [7, 11) is -0.444. The fourth-order valence-electron chi connectivity index (χ4n) is 3.67. The van der Waals surface area contributed by atoms with Crippen LogP contribution in [0.1, 0.15) is 24.1 Å². The van der Waals surface area contributed by atoms with Crippen LogP contribution in [0.5, 0.6) is 11.5 Å². The highest BCUT2D eigenvalue weighted by atomic mass is 32.2. The Balaban J connectivity index is 1.68. The summed E-state index contributed by atoms with van der Waals surface area (Å²) in [5.74, 6) is 1.26. The second kappa shape index (κ2) is 7.78. The molecule has 0 fully saturated rings. The molecule has 6 nitrogen and oxygen atoms in total. The average molecular weight is 431 g/mol. The van der Waals surface area contributed by atoms with Gasteiger partial charge in [-0.3, -0.25) is 4.98 Å². The van der Waals surface area contributed by atoms with Crippen LogP contribution in [0.3, 0.4) is 0 Å². The van der Waals surface area contributed by atoms with Gasteiger partial charge in [0.1, 0.15) is 4.21 Å². The number of fused-ring (bicyclic) bond motifs is 1. The number of rotatable bonds is 5. The van der Waals surface area contributed by atoms with Gasteiger partial charge in [-0.05, 0) is 60.9 Å². The van der Waals surface area contributed by atoms with Gasteiger partial charge in [0.25, 0.3) is 10.0 Å². The van der Waals surface area contributed by atoms with E-state index in [0.717, 1.165) is 21.7 Å². The zero-order valence-corrected chi connectivity index (χ0v) is 18.1. The van der Waals surface area contributed by atoms with Gasteiger partial charge in [0.15, 0.2) is 11.5 Å². The molecule has 3 heterocycles. The molecule has 3 aromatic rings. The number of hydrogen-bond acceptors (Lipinski definition) is 6. The molecule has 0 saturated carbocycles. The van der Waals surface area contributed by atoms with Gasteiger partial charge < -0.3 is 9.47 Å². The van der Waals surface area contributed by atoms with Crippen LogP contribution in [0.15, 0.2) is 52.9 Å². The quantitative estimate of drug-likeness (QED) is 0.609. The van der Waals surface area contributed by atoms with Crippen molar-refractivity contribution in [2.24, 2.45) is 0 Å². The van der Waals surface area contributed by atoms with Crippen LogP contribution in [0, 0.1) is 0 Å². The molecular formula is C21H22N2O4S2. The zero-order valence-electron chi connectivity index (χ0n) is 16.5. The normalized spacial score (nSPS) is 17.0. The Bertz CT molecular complexity index is 1130. The number of ether oxygens (including phenoxy) is 2. The minimum Gasteiger partial charge on any atom is -0.493 e. The van der Waals surface area contributed by atoms with Crippen LogP contribution in [-0.4, -0.2) is 38.5 Å². The van der Waals surface area contributed by atoms with Crippen molar-refractivity contribution >= 4 is 21.4 Å². The third-order valence-electron chi connectivity index (χ3n) is 5.19. The van der Waals surface area contributed by atoms with E-state index in [1.54, 1.807) is 30.8 Å². The summed E-state index contributed by atoms with van der Waals surface area (Å²) in [6, 6.07) is 12.6. The van der Waals surface area contributed by atoms with E-state index in [0.29, 0.717) is 28.7 Å². The Morgan fingerprint density at radius 2 is 1.86 bits per heavy atom. The molecule has 1 atom stereocenters. The Kier molecular flexibility index (Phi) is 5.33. The summed E-state index contributed by atoms with van der Waals surface area (Å²) in [4.78, 5) is 5.15. The molecule has 0 amide bonds. The Morgan fingerprint density at radius 1 is 1.10 bits per heavy atom. The van der Waals surface area contributed by atoms with Gasteiger partial charge in [0.05, 0.1) is 24.8 Å². The van der Waals surface area contributed by atoms with Gasteiger partial charge in [-0.1, -0.05) is 6.07 Å². The molecule has 0 spiro atoms. The summed E-state index contributed by atoms with van der Waals surface area (Å²) in [5, 5.41) is 0. The molecule has 1 aliphatic heterocycles. The van der Waals surface area contributed by atoms with Crippen LogP contribution >= 0.6 is 11.3 Å². The van der Waals surface area contributed by atoms with Crippen molar-refractivity contribution in [3.05, 3.63) is 59.8 Å². The van der Waals surface area contributed by atoms with Gasteiger partial charge in [0.2, 0.25) is 0 Å². The Morgan fingerprint density at radius 3 is 2.55 bits per heavy atom. The topological polar surface area (TPSA) is 68.7 Å². The summed E-state index contributed by atoms with van der Waals surface area (Å²) >= 11 is 1.25. The first kappa shape index (κ1) is 19.9. The third kappa shape index (κ3) is 3.52. The van der Waals surface area contributed by atoms with Crippen LogP contribution in [-0.2, 0) is 16.4 Å². The molecule has 1 unspecified atom stereocenters. The minimum absolute atomic E-state index is 0.302. The highest BCUT2D eigenvalue weighted by Crippen LogP contribution is 2.41. The van der Waals surface area contributed by atoms with Crippen LogP contribution in [0.25, 0.3) is 10.6 Å². The fourth-order valence-corrected chi connectivity index (χ4v) is 6.70. The van der Waals surface area contributed by atoms with E-state index in [9.17, 15) is 8.42 Å². The van der Waals surface area contributed by atoms with Crippen LogP contribution in [0.2, 0.25) is 0 Å². The van der Waals surface area contributed by atoms with E-state index < -0.39 is 10.0 Å². The molecule has 0 saturated heterocycles. The summed E-state index contributed by atoms with van der Waals surface area (Å²) in [6.45, 7) is 2.33. The number of nitrogens with zero attached hydrogens (tertiary/aromatic N) is 2. The lowest BCUT2D eigenvalue weighted by Crippen LogP contribution is -2.38. The number of hydrogen-bond donors (Lipinski definition) is 0. The molecule has 8 heteroatoms. The van der Waals surface area contributed by atoms with Crippen molar-refractivity contribution < 1.29 is 17.9 Å². The lowest BCUT2D eigenvalue weighted by molar-refractivity contribution is 0.319. The SMILES string of the molecule is COc1cc2c(cc1OC)C(C)N(S(=O)(=O)c1ccc(-c3ccccn3)s1)CC2. The van der Waals surface area contributed by atoms with Crippen molar-refractivity contribution in [3.63, 3.8) is 0 Å². The number of benzene rings is 1. The average Bonchev–Trinajstić information content (AvgIpc) is 3.25. The summed E-state index contributed by atoms with van der Waals surface area (Å²) < 4.78 is 39.5. The molecule has 0 aliphatic carbocycles. The van der Waals surface area contributed by atoms with Gasteiger partial charge in [-0.15, -0.1) is 11.3 Å². The van der Waals surface area contributed by atoms with E-state index in [2.05, 4.69) is 4.98 Å². The standard InChI is InChI=1S/C21H22N2O4S2/c1-14-16-13-19(27-3)18(26-2)12-15(16)9-11-23(14)29(24,25)21-8-7-20(28-21)17-6-4-5-10-22-17/h4-8,10,12-14H,9,11H2,1-3H3. The molecular weight excluding hydrogens is 408 g/mol. The number of pyridine rings is 1. The molecule has 1 aliphatic rings. The van der Waals surface area contributed by atoms with Crippen molar-refractivity contribution in [3.8, 4) is 22.1 Å². The minimum atomic E-state index is -3.62. The highest BCUT2D eigenvalue weighted by Gasteiger charge is 2.35. The van der Waals surface area contributed by atoms with E-state index in [1.807, 2.05) is 43.3 Å². The van der Waals surface area contributed by atoms with Gasteiger partial charge in [-0.25, -0.2) is 8.42 Å². The molecule has 29 heavy (non-hydrogen) atoms. The van der Waals surface area contributed by atoms with Crippen molar-refractivity contribution in [2.45, 2.75) is 23.6 Å². The van der Waals surface area contributed by atoms with Crippen molar-refractivity contribution in [2.75, 3.05) is 20.8 Å². The lowest BCUT2D eigenvalue weighted by atomic mass is 9.94.